The maximum Gasteiger partial charge on any atom is 0.321 e. The maximum absolute atomic E-state index is 15.0. The Bertz CT molecular complexity index is 2090. The average molecular weight is 681 g/mol. The van der Waals surface area contributed by atoms with Gasteiger partial charge >= 0.3 is 6.03 Å². The number of nitrogens with one attached hydrogen (secondary N) is 2. The number of nitrogens with two attached hydrogens (primary N) is 1. The van der Waals surface area contributed by atoms with Gasteiger partial charge in [0, 0.05) is 24.3 Å². The van der Waals surface area contributed by atoms with E-state index in [9.17, 15) is 19.8 Å². The summed E-state index contributed by atoms with van der Waals surface area (Å²) in [6, 6.07) is 39.3. The Morgan fingerprint density at radius 2 is 1.22 bits per heavy atom. The van der Waals surface area contributed by atoms with Crippen LogP contribution in [0.25, 0.3) is 11.0 Å². The molecule has 3 amide bonds. The summed E-state index contributed by atoms with van der Waals surface area (Å²) in [5.41, 5.74) is 11.9. The summed E-state index contributed by atoms with van der Waals surface area (Å²) in [5, 5.41) is 26.8. The van der Waals surface area contributed by atoms with Crippen LogP contribution in [0.4, 0.5) is 16.4 Å². The molecule has 2 heterocycles. The fourth-order valence-electron chi connectivity index (χ4n) is 6.90. The molecule has 10 heteroatoms. The van der Waals surface area contributed by atoms with Crippen molar-refractivity contribution in [2.75, 3.05) is 11.1 Å². The summed E-state index contributed by atoms with van der Waals surface area (Å²) in [7, 11) is 0. The van der Waals surface area contributed by atoms with Crippen molar-refractivity contribution in [1.29, 1.82) is 0 Å². The lowest BCUT2D eigenvalue weighted by molar-refractivity contribution is -0.0408. The van der Waals surface area contributed by atoms with E-state index in [1.807, 2.05) is 109 Å². The number of para-hydroxylation sites is 2. The largest absolute Gasteiger partial charge is 0.399 e. The van der Waals surface area contributed by atoms with Gasteiger partial charge in [0.05, 0.1) is 23.1 Å². The number of nitrogen functional groups attached to an aromatic ring is 1. The average Bonchev–Trinajstić information content (AvgIpc) is 3.55. The van der Waals surface area contributed by atoms with Gasteiger partial charge in [0.15, 0.2) is 0 Å². The molecule has 7 rings (SSSR count). The van der Waals surface area contributed by atoms with Crippen LogP contribution < -0.4 is 11.1 Å². The molecule has 1 fully saturated rings. The number of anilines is 2. The molecule has 0 aliphatic carbocycles. The molecule has 0 bridgehead atoms. The number of carbonyl (C=O) groups is 2. The number of benzene rings is 5. The highest BCUT2D eigenvalue weighted by atomic mass is 16.3. The van der Waals surface area contributed by atoms with E-state index in [-0.39, 0.29) is 25.0 Å². The number of nitrogens with zero attached hydrogens (tertiary/aromatic N) is 3. The molecule has 10 nitrogen and oxygen atoms in total. The van der Waals surface area contributed by atoms with E-state index in [1.165, 1.54) is 0 Å². The number of H-pyrrole nitrogens is 1. The Kier molecular flexibility index (Phi) is 9.78. The van der Waals surface area contributed by atoms with Crippen LogP contribution >= 0.6 is 0 Å². The third-order valence-corrected chi connectivity index (χ3v) is 9.47. The molecular formula is C41H40N6O4. The summed E-state index contributed by atoms with van der Waals surface area (Å²) < 4.78 is 0. The van der Waals surface area contributed by atoms with Crippen LogP contribution in [0.3, 0.4) is 0 Å². The van der Waals surface area contributed by atoms with Crippen LogP contribution in [0.1, 0.15) is 32.6 Å². The van der Waals surface area contributed by atoms with E-state index in [2.05, 4.69) is 15.3 Å². The number of aliphatic hydroxyl groups excluding tert-OH is 2. The quantitative estimate of drug-likeness (QED) is 0.116. The van der Waals surface area contributed by atoms with Gasteiger partial charge in [-0.15, -0.1) is 0 Å². The zero-order valence-electron chi connectivity index (χ0n) is 28.0. The van der Waals surface area contributed by atoms with Gasteiger partial charge in [-0.3, -0.25) is 10.1 Å². The van der Waals surface area contributed by atoms with Crippen molar-refractivity contribution in [2.24, 2.45) is 0 Å². The number of imidazole rings is 1. The minimum Gasteiger partial charge on any atom is -0.399 e. The normalized spacial score (nSPS) is 19.2. The van der Waals surface area contributed by atoms with Gasteiger partial charge in [0.1, 0.15) is 12.2 Å². The van der Waals surface area contributed by atoms with Crippen molar-refractivity contribution in [1.82, 2.24) is 19.8 Å². The zero-order chi connectivity index (χ0) is 35.3. The Morgan fingerprint density at radius 1 is 0.686 bits per heavy atom. The standard InChI is InChI=1S/C41H40N6O4/c42-32-18-10-16-30(22-32)26-47-36(24-28-13-5-2-6-14-28)38(49)37(48)35(23-27-11-3-1-4-12-27)46(41(47)51)25-29-15-9-17-31(21-29)39(50)45-40-43-33-19-7-8-20-34(33)44-40/h1-22,35-38,48-49H,23-26,42H2,(H2,43,44,45,50)/t35-,36-,37+,38+/m1/s1. The number of urea groups is 1. The van der Waals surface area contributed by atoms with Crippen molar-refractivity contribution in [3.8, 4) is 0 Å². The Morgan fingerprint density at radius 3 is 1.80 bits per heavy atom. The molecule has 1 aliphatic heterocycles. The molecule has 0 spiro atoms. The molecule has 1 aromatic heterocycles. The van der Waals surface area contributed by atoms with Gasteiger partial charge in [-0.25, -0.2) is 9.78 Å². The molecule has 0 radical (unpaired) electrons. The van der Waals surface area contributed by atoms with Crippen LogP contribution in [0, 0.1) is 0 Å². The van der Waals surface area contributed by atoms with E-state index in [0.29, 0.717) is 35.6 Å². The number of aromatic amines is 1. The first-order valence-corrected chi connectivity index (χ1v) is 17.0. The molecule has 4 atom stereocenters. The Hall–Kier alpha value is -5.97. The van der Waals surface area contributed by atoms with Crippen LogP contribution in [-0.4, -0.2) is 66.2 Å². The number of amides is 3. The van der Waals surface area contributed by atoms with Gasteiger partial charge in [0.25, 0.3) is 5.91 Å². The SMILES string of the molecule is Nc1cccc(CN2C(=O)N(Cc3cccc(C(=O)Nc4nc5ccccc5[nH]4)c3)[C@H](Cc3ccccc3)[C@H](O)[C@@H](O)[C@H]2Cc2ccccc2)c1. The lowest BCUT2D eigenvalue weighted by atomic mass is 9.91. The molecule has 5 aromatic carbocycles. The molecule has 0 unspecified atom stereocenters. The number of hydrogen-bond acceptors (Lipinski definition) is 6. The summed E-state index contributed by atoms with van der Waals surface area (Å²) >= 11 is 0. The van der Waals surface area contributed by atoms with E-state index >= 15 is 0 Å². The van der Waals surface area contributed by atoms with Crippen molar-refractivity contribution < 1.29 is 19.8 Å². The van der Waals surface area contributed by atoms with Gasteiger partial charge in [-0.2, -0.15) is 0 Å². The van der Waals surface area contributed by atoms with Crippen LogP contribution in [0.15, 0.2) is 133 Å². The third kappa shape index (κ3) is 7.62. The molecule has 6 N–H and O–H groups in total. The molecule has 6 aromatic rings. The number of aromatic nitrogens is 2. The van der Waals surface area contributed by atoms with Crippen molar-refractivity contribution in [3.63, 3.8) is 0 Å². The summed E-state index contributed by atoms with van der Waals surface area (Å²) in [6.07, 6.45) is -1.92. The molecule has 51 heavy (non-hydrogen) atoms. The minimum atomic E-state index is -1.28. The predicted octanol–water partition coefficient (Wildman–Crippen LogP) is 5.78. The molecular weight excluding hydrogens is 640 g/mol. The minimum absolute atomic E-state index is 0.0807. The number of hydrogen-bond donors (Lipinski definition) is 5. The number of fused-ring (bicyclic) bond motifs is 1. The topological polar surface area (TPSA) is 148 Å². The second kappa shape index (κ2) is 14.9. The summed E-state index contributed by atoms with van der Waals surface area (Å²) in [4.78, 5) is 39.3. The highest BCUT2D eigenvalue weighted by molar-refractivity contribution is 6.04. The fraction of sp³-hybridized carbons (Fsp3) is 0.195. The summed E-state index contributed by atoms with van der Waals surface area (Å²) in [5.74, 6) is -0.0309. The number of carbonyl (C=O) groups excluding carboxylic acids is 2. The van der Waals surface area contributed by atoms with Gasteiger partial charge in [-0.1, -0.05) is 97.1 Å². The number of rotatable bonds is 10. The Balaban J connectivity index is 1.24. The number of aliphatic hydroxyl groups is 2. The van der Waals surface area contributed by atoms with E-state index in [0.717, 1.165) is 27.7 Å². The monoisotopic (exact) mass is 680 g/mol. The van der Waals surface area contributed by atoms with E-state index in [4.69, 9.17) is 5.73 Å². The first kappa shape index (κ1) is 33.5. The lowest BCUT2D eigenvalue weighted by Gasteiger charge is -2.36. The van der Waals surface area contributed by atoms with Crippen molar-refractivity contribution >= 4 is 34.6 Å². The maximum atomic E-state index is 15.0. The molecule has 1 saturated heterocycles. The smallest absolute Gasteiger partial charge is 0.321 e. The second-order valence-electron chi connectivity index (χ2n) is 13.0. The fourth-order valence-corrected chi connectivity index (χ4v) is 6.90. The van der Waals surface area contributed by atoms with Gasteiger partial charge in [0.2, 0.25) is 5.95 Å². The predicted molar refractivity (Wildman–Crippen MR) is 198 cm³/mol. The van der Waals surface area contributed by atoms with Crippen molar-refractivity contribution in [2.45, 2.75) is 50.2 Å². The highest BCUT2D eigenvalue weighted by Crippen LogP contribution is 2.30. The Labute approximate surface area is 296 Å². The first-order chi connectivity index (χ1) is 24.8. The first-order valence-electron chi connectivity index (χ1n) is 17.0. The lowest BCUT2D eigenvalue weighted by Crippen LogP contribution is -2.50. The van der Waals surface area contributed by atoms with Gasteiger partial charge < -0.3 is 30.7 Å². The third-order valence-electron chi connectivity index (χ3n) is 9.47. The second-order valence-corrected chi connectivity index (χ2v) is 13.0. The van der Waals surface area contributed by atoms with Crippen LogP contribution in [0.5, 0.6) is 0 Å². The highest BCUT2D eigenvalue weighted by Gasteiger charge is 2.46. The van der Waals surface area contributed by atoms with Crippen molar-refractivity contribution in [3.05, 3.63) is 161 Å². The van der Waals surface area contributed by atoms with Crippen LogP contribution in [-0.2, 0) is 25.9 Å². The molecule has 0 saturated carbocycles. The molecule has 258 valence electrons. The van der Waals surface area contributed by atoms with Gasteiger partial charge in [-0.05, 0) is 71.5 Å². The zero-order valence-corrected chi connectivity index (χ0v) is 28.0. The summed E-state index contributed by atoms with van der Waals surface area (Å²) in [6.45, 7) is 0.247. The van der Waals surface area contributed by atoms with E-state index < -0.39 is 24.3 Å². The van der Waals surface area contributed by atoms with Crippen LogP contribution in [0.2, 0.25) is 0 Å². The van der Waals surface area contributed by atoms with E-state index in [1.54, 1.807) is 34.1 Å². The molecule has 1 aliphatic rings.